The summed E-state index contributed by atoms with van der Waals surface area (Å²) < 4.78 is 3.75. The largest absolute Gasteiger partial charge is 0.387 e. The number of hydrogen-bond donors (Lipinski definition) is 1. The van der Waals surface area contributed by atoms with Gasteiger partial charge in [0.25, 0.3) is 0 Å². The van der Waals surface area contributed by atoms with E-state index in [4.69, 9.17) is 0 Å². The van der Waals surface area contributed by atoms with Crippen LogP contribution in [0, 0.1) is 0 Å². The lowest BCUT2D eigenvalue weighted by molar-refractivity contribution is 0.157. The summed E-state index contributed by atoms with van der Waals surface area (Å²) in [5.41, 5.74) is 1.89. The van der Waals surface area contributed by atoms with Crippen LogP contribution in [-0.2, 0) is 26.9 Å². The fraction of sp³-hybridized carbons (Fsp3) is 0.538. The van der Waals surface area contributed by atoms with E-state index >= 15 is 0 Å². The molecule has 2 aromatic rings. The molecule has 5 heteroatoms. The molecule has 0 saturated carbocycles. The van der Waals surface area contributed by atoms with Gasteiger partial charge in [-0.25, -0.2) is 4.98 Å². The van der Waals surface area contributed by atoms with Crippen molar-refractivity contribution in [2.45, 2.75) is 32.3 Å². The highest BCUT2D eigenvalue weighted by Crippen LogP contribution is 2.19. The molecule has 0 bridgehead atoms. The van der Waals surface area contributed by atoms with Crippen molar-refractivity contribution >= 4 is 0 Å². The van der Waals surface area contributed by atoms with E-state index in [-0.39, 0.29) is 0 Å². The maximum atomic E-state index is 10.2. The summed E-state index contributed by atoms with van der Waals surface area (Å²) in [7, 11) is 3.84. The number of aliphatic hydroxyl groups excluding tert-OH is 1. The number of hydrogen-bond acceptors (Lipinski definition) is 3. The maximum absolute atomic E-state index is 10.2. The molecule has 0 spiro atoms. The number of aliphatic hydroxyl groups is 1. The van der Waals surface area contributed by atoms with Gasteiger partial charge in [0, 0.05) is 32.9 Å². The number of nitrogens with zero attached hydrogens (tertiary/aromatic N) is 4. The molecule has 0 radical (unpaired) electrons. The Morgan fingerprint density at radius 1 is 1.39 bits per heavy atom. The molecule has 1 N–H and O–H groups in total. The van der Waals surface area contributed by atoms with Crippen LogP contribution in [0.25, 0.3) is 0 Å². The first-order chi connectivity index (χ1) is 8.61. The van der Waals surface area contributed by atoms with Gasteiger partial charge in [0.05, 0.1) is 17.5 Å². The molecular formula is C13H20N4O. The summed E-state index contributed by atoms with van der Waals surface area (Å²) >= 11 is 0. The first-order valence-corrected chi connectivity index (χ1v) is 6.29. The van der Waals surface area contributed by atoms with E-state index in [0.717, 1.165) is 30.1 Å². The van der Waals surface area contributed by atoms with Crippen LogP contribution in [0.5, 0.6) is 0 Å². The molecule has 0 amide bonds. The van der Waals surface area contributed by atoms with Crippen LogP contribution in [0.2, 0.25) is 0 Å². The number of aromatic nitrogens is 4. The third-order valence-electron chi connectivity index (χ3n) is 3.23. The Bertz CT molecular complexity index is 515. The second-order valence-corrected chi connectivity index (χ2v) is 4.55. The van der Waals surface area contributed by atoms with Crippen LogP contribution in [0.1, 0.15) is 36.7 Å². The molecule has 0 aliphatic heterocycles. The van der Waals surface area contributed by atoms with Crippen LogP contribution >= 0.6 is 0 Å². The average Bonchev–Trinajstić information content (AvgIpc) is 2.92. The van der Waals surface area contributed by atoms with Crippen molar-refractivity contribution in [1.82, 2.24) is 19.3 Å². The van der Waals surface area contributed by atoms with E-state index in [2.05, 4.69) is 17.0 Å². The molecular weight excluding hydrogens is 228 g/mol. The Hall–Kier alpha value is -1.62. The van der Waals surface area contributed by atoms with Gasteiger partial charge >= 0.3 is 0 Å². The Morgan fingerprint density at radius 2 is 2.17 bits per heavy atom. The summed E-state index contributed by atoms with van der Waals surface area (Å²) in [5.74, 6) is 0.993. The number of rotatable bonds is 5. The summed E-state index contributed by atoms with van der Waals surface area (Å²) in [5, 5.41) is 14.6. The van der Waals surface area contributed by atoms with Gasteiger partial charge < -0.3 is 9.67 Å². The van der Waals surface area contributed by atoms with Crippen molar-refractivity contribution in [3.8, 4) is 0 Å². The smallest absolute Gasteiger partial charge is 0.108 e. The van der Waals surface area contributed by atoms with Gasteiger partial charge in [-0.3, -0.25) is 4.68 Å². The molecule has 2 heterocycles. The zero-order chi connectivity index (χ0) is 13.1. The van der Waals surface area contributed by atoms with Crippen LogP contribution in [-0.4, -0.2) is 24.4 Å². The molecule has 0 fully saturated rings. The van der Waals surface area contributed by atoms with E-state index < -0.39 is 6.10 Å². The van der Waals surface area contributed by atoms with Gasteiger partial charge in [0.1, 0.15) is 5.82 Å². The molecule has 2 aromatic heterocycles. The van der Waals surface area contributed by atoms with Gasteiger partial charge in [0.2, 0.25) is 0 Å². The lowest BCUT2D eigenvalue weighted by Crippen LogP contribution is -2.08. The van der Waals surface area contributed by atoms with Crippen molar-refractivity contribution in [2.24, 2.45) is 14.1 Å². The van der Waals surface area contributed by atoms with Gasteiger partial charge in [0.15, 0.2) is 0 Å². The van der Waals surface area contributed by atoms with Crippen molar-refractivity contribution in [2.75, 3.05) is 0 Å². The maximum Gasteiger partial charge on any atom is 0.108 e. The zero-order valence-corrected chi connectivity index (χ0v) is 11.2. The molecule has 5 nitrogen and oxygen atoms in total. The third kappa shape index (κ3) is 2.61. The minimum absolute atomic E-state index is 0.487. The van der Waals surface area contributed by atoms with Crippen LogP contribution in [0.15, 0.2) is 18.5 Å². The van der Waals surface area contributed by atoms with Crippen molar-refractivity contribution in [3.05, 3.63) is 35.7 Å². The van der Waals surface area contributed by atoms with Gasteiger partial charge in [-0.05, 0) is 18.9 Å². The Kier molecular flexibility index (Phi) is 3.81. The molecule has 1 atom stereocenters. The highest BCUT2D eigenvalue weighted by atomic mass is 16.3. The monoisotopic (exact) mass is 248 g/mol. The molecule has 1 unspecified atom stereocenters. The zero-order valence-electron chi connectivity index (χ0n) is 11.2. The molecule has 0 saturated heterocycles. The van der Waals surface area contributed by atoms with E-state index in [1.807, 2.05) is 30.9 Å². The van der Waals surface area contributed by atoms with E-state index in [0.29, 0.717) is 6.42 Å². The Morgan fingerprint density at radius 3 is 2.72 bits per heavy atom. The molecule has 0 aliphatic carbocycles. The Balaban J connectivity index is 2.01. The third-order valence-corrected chi connectivity index (χ3v) is 3.23. The molecule has 18 heavy (non-hydrogen) atoms. The normalized spacial score (nSPS) is 12.9. The highest BCUT2D eigenvalue weighted by Gasteiger charge is 2.14. The molecule has 98 valence electrons. The van der Waals surface area contributed by atoms with Gasteiger partial charge in [-0.1, -0.05) is 6.92 Å². The average molecular weight is 248 g/mol. The van der Waals surface area contributed by atoms with Crippen molar-refractivity contribution in [3.63, 3.8) is 0 Å². The van der Waals surface area contributed by atoms with Gasteiger partial charge in [-0.2, -0.15) is 5.10 Å². The summed E-state index contributed by atoms with van der Waals surface area (Å²) in [6.45, 7) is 2.06. The quantitative estimate of drug-likeness (QED) is 0.869. The minimum Gasteiger partial charge on any atom is -0.387 e. The highest BCUT2D eigenvalue weighted by molar-refractivity contribution is 5.13. The van der Waals surface area contributed by atoms with E-state index in [1.54, 1.807) is 10.9 Å². The van der Waals surface area contributed by atoms with Crippen LogP contribution < -0.4 is 0 Å². The van der Waals surface area contributed by atoms with Crippen LogP contribution in [0.4, 0.5) is 0 Å². The first kappa shape index (κ1) is 12.8. The lowest BCUT2D eigenvalue weighted by Gasteiger charge is -2.10. The van der Waals surface area contributed by atoms with E-state index in [9.17, 15) is 5.11 Å². The molecule has 0 aromatic carbocycles. The Labute approximate surface area is 107 Å². The minimum atomic E-state index is -0.487. The predicted octanol–water partition coefficient (Wildman–Crippen LogP) is 1.38. The lowest BCUT2D eigenvalue weighted by atomic mass is 10.1. The number of aryl methyl sites for hydroxylation is 4. The van der Waals surface area contributed by atoms with Gasteiger partial charge in [-0.15, -0.1) is 0 Å². The standard InChI is InChI=1S/C13H20N4O/c1-4-10-9-11(17(3)15-10)12(18)5-6-13-14-7-8-16(13)2/h7-9,12,18H,4-6H2,1-3H3. The van der Waals surface area contributed by atoms with Crippen LogP contribution in [0.3, 0.4) is 0 Å². The molecule has 0 aliphatic rings. The van der Waals surface area contributed by atoms with E-state index in [1.165, 1.54) is 0 Å². The SMILES string of the molecule is CCc1cc(C(O)CCc2nccn2C)n(C)n1. The second kappa shape index (κ2) is 5.35. The fourth-order valence-electron chi connectivity index (χ4n) is 2.08. The summed E-state index contributed by atoms with van der Waals surface area (Å²) in [6, 6.07) is 1.98. The van der Waals surface area contributed by atoms with Crippen molar-refractivity contribution < 1.29 is 5.11 Å². The molecule has 2 rings (SSSR count). The summed E-state index contributed by atoms with van der Waals surface area (Å²) in [4.78, 5) is 4.25. The van der Waals surface area contributed by atoms with Crippen molar-refractivity contribution in [1.29, 1.82) is 0 Å². The first-order valence-electron chi connectivity index (χ1n) is 6.29. The summed E-state index contributed by atoms with van der Waals surface area (Å²) in [6.07, 6.45) is 5.52. The predicted molar refractivity (Wildman–Crippen MR) is 69.1 cm³/mol. The topological polar surface area (TPSA) is 55.9 Å². The second-order valence-electron chi connectivity index (χ2n) is 4.55. The number of imidazole rings is 1. The fourth-order valence-corrected chi connectivity index (χ4v) is 2.08.